The van der Waals surface area contributed by atoms with Gasteiger partial charge in [-0.2, -0.15) is 0 Å². The Kier molecular flexibility index (Phi) is 9.78. The standard InChI is InChI=1S/C27H30FNO7/c1-29(2)26(32)17-27(28,24(30)13-9-18-7-11-20(33-3)22(15-18)35-5)25(31)14-10-19-8-12-21(34-4)23(16-19)36-6/h7-16H,17H2,1-6H3/b13-9+,14-10+. The largest absolute Gasteiger partial charge is 0.493 e. The molecule has 0 fully saturated rings. The third kappa shape index (κ3) is 6.71. The molecule has 0 saturated carbocycles. The minimum Gasteiger partial charge on any atom is -0.493 e. The molecule has 0 radical (unpaired) electrons. The fourth-order valence-corrected chi connectivity index (χ4v) is 3.18. The van der Waals surface area contributed by atoms with Gasteiger partial charge in [-0.1, -0.05) is 24.3 Å². The molecule has 1 amide bonds. The molecule has 9 heteroatoms. The van der Waals surface area contributed by atoms with E-state index in [1.54, 1.807) is 36.4 Å². The third-order valence-corrected chi connectivity index (χ3v) is 5.34. The first-order valence-electron chi connectivity index (χ1n) is 10.9. The summed E-state index contributed by atoms with van der Waals surface area (Å²) in [4.78, 5) is 39.3. The zero-order chi connectivity index (χ0) is 26.9. The predicted octanol–water partition coefficient (Wildman–Crippen LogP) is 3.77. The summed E-state index contributed by atoms with van der Waals surface area (Å²) in [6.45, 7) is 0. The van der Waals surface area contributed by atoms with Crippen molar-refractivity contribution >= 4 is 29.6 Å². The lowest BCUT2D eigenvalue weighted by Crippen LogP contribution is -2.44. The van der Waals surface area contributed by atoms with E-state index in [4.69, 9.17) is 18.9 Å². The zero-order valence-corrected chi connectivity index (χ0v) is 21.2. The Morgan fingerprint density at radius 2 is 1.14 bits per heavy atom. The molecular formula is C27H30FNO7. The van der Waals surface area contributed by atoms with Crippen LogP contribution in [-0.2, 0) is 14.4 Å². The first-order chi connectivity index (χ1) is 17.1. The van der Waals surface area contributed by atoms with Crippen LogP contribution in [0.15, 0.2) is 48.6 Å². The van der Waals surface area contributed by atoms with Crippen LogP contribution in [0.2, 0.25) is 0 Å². The molecular weight excluding hydrogens is 469 g/mol. The Morgan fingerprint density at radius 1 is 0.750 bits per heavy atom. The minimum atomic E-state index is -3.10. The van der Waals surface area contributed by atoms with E-state index in [1.807, 2.05) is 0 Å². The Hall–Kier alpha value is -4.14. The summed E-state index contributed by atoms with van der Waals surface area (Å²) < 4.78 is 36.8. The van der Waals surface area contributed by atoms with E-state index in [-0.39, 0.29) is 0 Å². The fourth-order valence-electron chi connectivity index (χ4n) is 3.18. The summed E-state index contributed by atoms with van der Waals surface area (Å²) in [5, 5.41) is 0. The summed E-state index contributed by atoms with van der Waals surface area (Å²) in [6, 6.07) is 9.69. The van der Waals surface area contributed by atoms with Crippen LogP contribution in [0.5, 0.6) is 23.0 Å². The minimum absolute atomic E-state index is 0.412. The van der Waals surface area contributed by atoms with Crippen LogP contribution in [0.25, 0.3) is 12.2 Å². The van der Waals surface area contributed by atoms with Gasteiger partial charge in [0.25, 0.3) is 0 Å². The van der Waals surface area contributed by atoms with E-state index in [9.17, 15) is 14.4 Å². The highest BCUT2D eigenvalue weighted by Gasteiger charge is 2.45. The van der Waals surface area contributed by atoms with Crippen LogP contribution >= 0.6 is 0 Å². The number of methoxy groups -OCH3 is 4. The maximum Gasteiger partial charge on any atom is 0.242 e. The highest BCUT2D eigenvalue weighted by atomic mass is 19.1. The quantitative estimate of drug-likeness (QED) is 0.324. The molecule has 2 aromatic carbocycles. The van der Waals surface area contributed by atoms with Crippen molar-refractivity contribution in [3.8, 4) is 23.0 Å². The number of alkyl halides is 1. The van der Waals surface area contributed by atoms with Crippen molar-refractivity contribution in [2.45, 2.75) is 12.1 Å². The van der Waals surface area contributed by atoms with Gasteiger partial charge in [0.1, 0.15) is 0 Å². The molecule has 0 saturated heterocycles. The van der Waals surface area contributed by atoms with Crippen LogP contribution in [0, 0.1) is 0 Å². The summed E-state index contributed by atoms with van der Waals surface area (Å²) in [7, 11) is 8.71. The second-order valence-corrected chi connectivity index (χ2v) is 7.89. The van der Waals surface area contributed by atoms with Gasteiger partial charge in [0, 0.05) is 14.1 Å². The maximum atomic E-state index is 16.0. The molecule has 2 aromatic rings. The van der Waals surface area contributed by atoms with Crippen molar-refractivity contribution in [1.82, 2.24) is 4.90 Å². The van der Waals surface area contributed by atoms with Gasteiger partial charge in [-0.3, -0.25) is 14.4 Å². The Bertz CT molecular complexity index is 1090. The van der Waals surface area contributed by atoms with Crippen LogP contribution in [0.3, 0.4) is 0 Å². The number of rotatable bonds is 12. The lowest BCUT2D eigenvalue weighted by Gasteiger charge is -2.21. The molecule has 8 nitrogen and oxygen atoms in total. The molecule has 192 valence electrons. The number of allylic oxidation sites excluding steroid dienone is 2. The van der Waals surface area contributed by atoms with Crippen molar-refractivity contribution in [3.63, 3.8) is 0 Å². The summed E-state index contributed by atoms with van der Waals surface area (Å²) in [5.41, 5.74) is -2.08. The number of carbonyl (C=O) groups excluding carboxylic acids is 3. The number of ketones is 2. The lowest BCUT2D eigenvalue weighted by molar-refractivity contribution is -0.144. The van der Waals surface area contributed by atoms with E-state index in [0.717, 1.165) is 17.1 Å². The summed E-state index contributed by atoms with van der Waals surface area (Å²) in [5.74, 6) is -1.24. The van der Waals surface area contributed by atoms with Gasteiger partial charge in [0.2, 0.25) is 23.1 Å². The SMILES string of the molecule is COc1ccc(/C=C/C(=O)C(F)(CC(=O)N(C)C)C(=O)/C=C/c2ccc(OC)c(OC)c2)cc1OC. The van der Waals surface area contributed by atoms with Gasteiger partial charge in [-0.15, -0.1) is 0 Å². The molecule has 0 spiro atoms. The molecule has 0 aliphatic rings. The molecule has 0 aliphatic heterocycles. The number of nitrogens with zero attached hydrogens (tertiary/aromatic N) is 1. The lowest BCUT2D eigenvalue weighted by atomic mass is 9.89. The monoisotopic (exact) mass is 499 g/mol. The number of carbonyl (C=O) groups is 3. The van der Waals surface area contributed by atoms with Crippen molar-refractivity contribution < 1.29 is 37.7 Å². The Balaban J connectivity index is 2.37. The summed E-state index contributed by atoms with van der Waals surface area (Å²) >= 11 is 0. The first kappa shape index (κ1) is 28.1. The molecule has 0 unspecified atom stereocenters. The van der Waals surface area contributed by atoms with Crippen molar-refractivity contribution in [3.05, 3.63) is 59.7 Å². The second kappa shape index (κ2) is 12.5. The average Bonchev–Trinajstić information content (AvgIpc) is 2.89. The van der Waals surface area contributed by atoms with E-state index < -0.39 is 29.6 Å². The number of ether oxygens (including phenoxy) is 4. The first-order valence-corrected chi connectivity index (χ1v) is 10.9. The molecule has 0 N–H and O–H groups in total. The fraction of sp³-hybridized carbons (Fsp3) is 0.296. The highest BCUT2D eigenvalue weighted by Crippen LogP contribution is 2.30. The molecule has 0 bridgehead atoms. The van der Waals surface area contributed by atoms with Crippen LogP contribution < -0.4 is 18.9 Å². The number of amides is 1. The van der Waals surface area contributed by atoms with Crippen molar-refractivity contribution in [2.75, 3.05) is 42.5 Å². The molecule has 0 heterocycles. The van der Waals surface area contributed by atoms with Gasteiger partial charge in [0.15, 0.2) is 23.0 Å². The molecule has 0 aliphatic carbocycles. The molecule has 2 rings (SSSR count). The van der Waals surface area contributed by atoms with E-state index in [0.29, 0.717) is 34.1 Å². The second-order valence-electron chi connectivity index (χ2n) is 7.89. The number of hydrogen-bond acceptors (Lipinski definition) is 7. The van der Waals surface area contributed by atoms with Gasteiger partial charge < -0.3 is 23.8 Å². The normalized spacial score (nSPS) is 11.4. The molecule has 0 aromatic heterocycles. The molecule has 36 heavy (non-hydrogen) atoms. The molecule has 0 atom stereocenters. The number of halogens is 1. The highest BCUT2D eigenvalue weighted by molar-refractivity contribution is 6.21. The van der Waals surface area contributed by atoms with Gasteiger partial charge >= 0.3 is 0 Å². The zero-order valence-electron chi connectivity index (χ0n) is 21.2. The smallest absolute Gasteiger partial charge is 0.242 e. The van der Waals surface area contributed by atoms with Crippen LogP contribution in [-0.4, -0.2) is 70.6 Å². The maximum absolute atomic E-state index is 16.0. The average molecular weight is 500 g/mol. The van der Waals surface area contributed by atoms with Crippen LogP contribution in [0.4, 0.5) is 4.39 Å². The number of hydrogen-bond donors (Lipinski definition) is 0. The van der Waals surface area contributed by atoms with Gasteiger partial charge in [-0.25, -0.2) is 4.39 Å². The van der Waals surface area contributed by atoms with Crippen molar-refractivity contribution in [1.29, 1.82) is 0 Å². The Labute approximate surface area is 209 Å². The van der Waals surface area contributed by atoms with E-state index in [2.05, 4.69) is 0 Å². The Morgan fingerprint density at radius 3 is 1.47 bits per heavy atom. The summed E-state index contributed by atoms with van der Waals surface area (Å²) in [6.07, 6.45) is 3.61. The van der Waals surface area contributed by atoms with Crippen molar-refractivity contribution in [2.24, 2.45) is 0 Å². The topological polar surface area (TPSA) is 91.4 Å². The van der Waals surface area contributed by atoms with E-state index >= 15 is 4.39 Å². The predicted molar refractivity (Wildman–Crippen MR) is 134 cm³/mol. The van der Waals surface area contributed by atoms with Crippen LogP contribution in [0.1, 0.15) is 17.5 Å². The third-order valence-electron chi connectivity index (χ3n) is 5.34. The van der Waals surface area contributed by atoms with E-state index in [1.165, 1.54) is 54.7 Å². The number of benzene rings is 2. The van der Waals surface area contributed by atoms with Gasteiger partial charge in [-0.05, 0) is 47.5 Å². The van der Waals surface area contributed by atoms with Gasteiger partial charge in [0.05, 0.1) is 34.9 Å².